The van der Waals surface area contributed by atoms with E-state index in [9.17, 15) is 9.90 Å². The van der Waals surface area contributed by atoms with Gasteiger partial charge in [-0.2, -0.15) is 0 Å². The molecule has 0 radical (unpaired) electrons. The Balaban J connectivity index is 2.07. The quantitative estimate of drug-likeness (QED) is 0.932. The van der Waals surface area contributed by atoms with Gasteiger partial charge >= 0.3 is 6.09 Å². The van der Waals surface area contributed by atoms with E-state index >= 15 is 0 Å². The molecule has 2 rings (SSSR count). The summed E-state index contributed by atoms with van der Waals surface area (Å²) in [5.74, 6) is 0. The first kappa shape index (κ1) is 16.7. The third kappa shape index (κ3) is 4.70. The summed E-state index contributed by atoms with van der Waals surface area (Å²) in [6.45, 7) is 6.33. The van der Waals surface area contributed by atoms with Crippen LogP contribution in [0, 0.1) is 0 Å². The number of rotatable bonds is 3. The summed E-state index contributed by atoms with van der Waals surface area (Å²) in [5, 5.41) is 9.19. The van der Waals surface area contributed by atoms with Crippen LogP contribution in [0.15, 0.2) is 18.2 Å². The van der Waals surface area contributed by atoms with E-state index in [0.717, 1.165) is 31.5 Å². The third-order valence-electron chi connectivity index (χ3n) is 3.73. The van der Waals surface area contributed by atoms with Crippen molar-refractivity contribution in [1.82, 2.24) is 9.88 Å². The summed E-state index contributed by atoms with van der Waals surface area (Å²) in [6, 6.07) is 5.76. The maximum Gasteiger partial charge on any atom is 0.410 e. The minimum atomic E-state index is -0.478. The second kappa shape index (κ2) is 7.09. The number of piperidine rings is 1. The maximum absolute atomic E-state index is 12.4. The lowest BCUT2D eigenvalue weighted by molar-refractivity contribution is 0.00984. The highest BCUT2D eigenvalue weighted by atomic mass is 16.6. The molecule has 0 aliphatic carbocycles. The van der Waals surface area contributed by atoms with Crippen molar-refractivity contribution in [2.45, 2.75) is 64.7 Å². The molecule has 0 spiro atoms. The number of carbonyl (C=O) groups excluding carboxylic acids is 1. The van der Waals surface area contributed by atoms with Gasteiger partial charge in [0.15, 0.2) is 0 Å². The van der Waals surface area contributed by atoms with Gasteiger partial charge in [-0.3, -0.25) is 4.98 Å². The summed E-state index contributed by atoms with van der Waals surface area (Å²) >= 11 is 0. The first-order valence-corrected chi connectivity index (χ1v) is 7.94. The van der Waals surface area contributed by atoms with Crippen LogP contribution in [0.3, 0.4) is 0 Å². The molecule has 1 fully saturated rings. The fourth-order valence-electron chi connectivity index (χ4n) is 2.75. The lowest BCUT2D eigenvalue weighted by Gasteiger charge is -2.36. The molecule has 1 amide bonds. The topological polar surface area (TPSA) is 62.7 Å². The van der Waals surface area contributed by atoms with E-state index in [4.69, 9.17) is 4.74 Å². The highest BCUT2D eigenvalue weighted by Gasteiger charge is 2.30. The minimum Gasteiger partial charge on any atom is -0.444 e. The molecule has 5 heteroatoms. The predicted octanol–water partition coefficient (Wildman–Crippen LogP) is 2.91. The lowest BCUT2D eigenvalue weighted by Crippen LogP contribution is -2.47. The zero-order valence-electron chi connectivity index (χ0n) is 13.7. The van der Waals surface area contributed by atoms with Gasteiger partial charge in [-0.05, 0) is 52.2 Å². The van der Waals surface area contributed by atoms with Gasteiger partial charge in [-0.15, -0.1) is 0 Å². The summed E-state index contributed by atoms with van der Waals surface area (Å²) < 4.78 is 5.52. The molecule has 1 saturated heterocycles. The SMILES string of the molecule is CC(C)(C)OC(=O)N1CCCCC1Cc1cccc(CO)n1. The van der Waals surface area contributed by atoms with E-state index < -0.39 is 5.60 Å². The van der Waals surface area contributed by atoms with Gasteiger partial charge in [-0.25, -0.2) is 4.79 Å². The van der Waals surface area contributed by atoms with Crippen molar-refractivity contribution in [3.63, 3.8) is 0 Å². The van der Waals surface area contributed by atoms with Crippen molar-refractivity contribution >= 4 is 6.09 Å². The van der Waals surface area contributed by atoms with E-state index in [1.54, 1.807) is 6.07 Å². The molecule has 1 unspecified atom stereocenters. The number of pyridine rings is 1. The van der Waals surface area contributed by atoms with Gasteiger partial charge in [0.25, 0.3) is 0 Å². The molecule has 1 N–H and O–H groups in total. The first-order chi connectivity index (χ1) is 10.4. The van der Waals surface area contributed by atoms with Crippen molar-refractivity contribution in [2.75, 3.05) is 6.54 Å². The van der Waals surface area contributed by atoms with Crippen molar-refractivity contribution in [1.29, 1.82) is 0 Å². The summed E-state index contributed by atoms with van der Waals surface area (Å²) in [4.78, 5) is 18.6. The molecule has 0 bridgehead atoms. The van der Waals surface area contributed by atoms with Crippen LogP contribution >= 0.6 is 0 Å². The molecular formula is C17H26N2O3. The molecule has 1 aromatic heterocycles. The zero-order valence-corrected chi connectivity index (χ0v) is 13.7. The monoisotopic (exact) mass is 306 g/mol. The van der Waals surface area contributed by atoms with Gasteiger partial charge in [0.05, 0.1) is 12.3 Å². The fraction of sp³-hybridized carbons (Fsp3) is 0.647. The summed E-state index contributed by atoms with van der Waals surface area (Å²) in [5.41, 5.74) is 1.10. The lowest BCUT2D eigenvalue weighted by atomic mass is 9.98. The molecule has 2 heterocycles. The second-order valence-electron chi connectivity index (χ2n) is 6.81. The average Bonchev–Trinajstić information content (AvgIpc) is 2.46. The Morgan fingerprint density at radius 1 is 1.36 bits per heavy atom. The van der Waals surface area contributed by atoms with Crippen LogP contribution in [0.4, 0.5) is 4.79 Å². The number of hydrogen-bond donors (Lipinski definition) is 1. The average molecular weight is 306 g/mol. The largest absolute Gasteiger partial charge is 0.444 e. The molecule has 1 aliphatic heterocycles. The molecule has 22 heavy (non-hydrogen) atoms. The van der Waals surface area contributed by atoms with E-state index in [2.05, 4.69) is 4.98 Å². The Labute approximate surface area is 132 Å². The second-order valence-corrected chi connectivity index (χ2v) is 6.81. The number of hydrogen-bond acceptors (Lipinski definition) is 4. The van der Waals surface area contributed by atoms with Crippen LogP contribution in [0.5, 0.6) is 0 Å². The Bertz CT molecular complexity index is 511. The number of carbonyl (C=O) groups is 1. The van der Waals surface area contributed by atoms with E-state index in [1.807, 2.05) is 37.8 Å². The van der Waals surface area contributed by atoms with E-state index in [-0.39, 0.29) is 18.7 Å². The number of likely N-dealkylation sites (tertiary alicyclic amines) is 1. The smallest absolute Gasteiger partial charge is 0.410 e. The van der Waals surface area contributed by atoms with Crippen LogP contribution in [-0.4, -0.2) is 39.3 Å². The fourth-order valence-corrected chi connectivity index (χ4v) is 2.75. The Kier molecular flexibility index (Phi) is 5.40. The number of nitrogens with zero attached hydrogens (tertiary/aromatic N) is 2. The molecule has 0 saturated carbocycles. The van der Waals surface area contributed by atoms with Gasteiger partial charge in [0, 0.05) is 24.7 Å². The van der Waals surface area contributed by atoms with Crippen LogP contribution in [-0.2, 0) is 17.8 Å². The van der Waals surface area contributed by atoms with E-state index in [1.165, 1.54) is 0 Å². The Morgan fingerprint density at radius 2 is 2.09 bits per heavy atom. The summed E-state index contributed by atoms with van der Waals surface area (Å²) in [6.07, 6.45) is 3.55. The molecule has 1 aliphatic rings. The van der Waals surface area contributed by atoms with Gasteiger partial charge in [0.1, 0.15) is 5.60 Å². The van der Waals surface area contributed by atoms with Crippen LogP contribution < -0.4 is 0 Å². The van der Waals surface area contributed by atoms with Crippen molar-refractivity contribution in [3.8, 4) is 0 Å². The standard InChI is InChI=1S/C17H26N2O3/c1-17(2,3)22-16(21)19-10-5-4-9-15(19)11-13-7-6-8-14(12-20)18-13/h6-8,15,20H,4-5,9-12H2,1-3H3. The molecule has 5 nitrogen and oxygen atoms in total. The molecule has 1 atom stereocenters. The normalized spacial score (nSPS) is 19.1. The molecular weight excluding hydrogens is 280 g/mol. The number of aromatic nitrogens is 1. The highest BCUT2D eigenvalue weighted by Crippen LogP contribution is 2.23. The highest BCUT2D eigenvalue weighted by molar-refractivity contribution is 5.68. The zero-order chi connectivity index (χ0) is 16.2. The van der Waals surface area contributed by atoms with Crippen LogP contribution in [0.25, 0.3) is 0 Å². The van der Waals surface area contributed by atoms with Crippen LogP contribution in [0.2, 0.25) is 0 Å². The van der Waals surface area contributed by atoms with Gasteiger partial charge in [0.2, 0.25) is 0 Å². The number of aliphatic hydroxyl groups excluding tert-OH is 1. The van der Waals surface area contributed by atoms with Crippen LogP contribution in [0.1, 0.15) is 51.4 Å². The Hall–Kier alpha value is -1.62. The number of aliphatic hydroxyl groups is 1. The van der Waals surface area contributed by atoms with Gasteiger partial charge in [-0.1, -0.05) is 6.07 Å². The maximum atomic E-state index is 12.4. The molecule has 122 valence electrons. The van der Waals surface area contributed by atoms with Crippen molar-refractivity contribution in [2.24, 2.45) is 0 Å². The minimum absolute atomic E-state index is 0.0612. The molecule has 0 aromatic carbocycles. The van der Waals surface area contributed by atoms with Crippen molar-refractivity contribution in [3.05, 3.63) is 29.6 Å². The van der Waals surface area contributed by atoms with Crippen molar-refractivity contribution < 1.29 is 14.6 Å². The first-order valence-electron chi connectivity index (χ1n) is 7.94. The Morgan fingerprint density at radius 3 is 2.77 bits per heavy atom. The van der Waals surface area contributed by atoms with Gasteiger partial charge < -0.3 is 14.7 Å². The predicted molar refractivity (Wildman–Crippen MR) is 84.4 cm³/mol. The molecule has 1 aromatic rings. The van der Waals surface area contributed by atoms with E-state index in [0.29, 0.717) is 12.1 Å². The number of ether oxygens (including phenoxy) is 1. The third-order valence-corrected chi connectivity index (χ3v) is 3.73. The number of amides is 1. The summed E-state index contributed by atoms with van der Waals surface area (Å²) in [7, 11) is 0.